The minimum atomic E-state index is -0.132. The Hall–Kier alpha value is -1.92. The lowest BCUT2D eigenvalue weighted by atomic mass is 10.2. The molecule has 27 heavy (non-hydrogen) atoms. The Morgan fingerprint density at radius 3 is 2.44 bits per heavy atom. The lowest BCUT2D eigenvalue weighted by Crippen LogP contribution is -2.48. The SMILES string of the molecule is O=C(CN1CCN(Cc2ccccc2)CC1)NN=Cc1ccc(Cl)cc1Cl. The summed E-state index contributed by atoms with van der Waals surface area (Å²) in [6, 6.07) is 15.6. The van der Waals surface area contributed by atoms with Gasteiger partial charge >= 0.3 is 0 Å². The molecule has 1 aliphatic heterocycles. The highest BCUT2D eigenvalue weighted by molar-refractivity contribution is 6.36. The van der Waals surface area contributed by atoms with Gasteiger partial charge in [-0.05, 0) is 17.7 Å². The molecule has 0 radical (unpaired) electrons. The van der Waals surface area contributed by atoms with Gasteiger partial charge in [0.15, 0.2) is 0 Å². The highest BCUT2D eigenvalue weighted by Crippen LogP contribution is 2.19. The fourth-order valence-corrected chi connectivity index (χ4v) is 3.42. The molecule has 2 aromatic carbocycles. The monoisotopic (exact) mass is 404 g/mol. The first-order valence-corrected chi connectivity index (χ1v) is 9.61. The molecule has 1 amide bonds. The van der Waals surface area contributed by atoms with Gasteiger partial charge in [-0.1, -0.05) is 59.6 Å². The van der Waals surface area contributed by atoms with Gasteiger partial charge < -0.3 is 0 Å². The molecular formula is C20H22Cl2N4O. The molecule has 1 aliphatic rings. The molecular weight excluding hydrogens is 383 g/mol. The Balaban J connectivity index is 1.39. The number of benzene rings is 2. The third-order valence-electron chi connectivity index (χ3n) is 4.44. The van der Waals surface area contributed by atoms with E-state index < -0.39 is 0 Å². The van der Waals surface area contributed by atoms with Gasteiger partial charge in [0.1, 0.15) is 0 Å². The van der Waals surface area contributed by atoms with Gasteiger partial charge in [-0.25, -0.2) is 5.43 Å². The van der Waals surface area contributed by atoms with Gasteiger partial charge in [0.05, 0.1) is 17.8 Å². The summed E-state index contributed by atoms with van der Waals surface area (Å²) in [5.41, 5.74) is 4.58. The van der Waals surface area contributed by atoms with Crippen molar-refractivity contribution in [1.82, 2.24) is 15.2 Å². The van der Waals surface area contributed by atoms with Crippen molar-refractivity contribution in [3.63, 3.8) is 0 Å². The smallest absolute Gasteiger partial charge is 0.254 e. The van der Waals surface area contributed by atoms with Crippen molar-refractivity contribution in [2.75, 3.05) is 32.7 Å². The first-order chi connectivity index (χ1) is 13.1. The molecule has 1 saturated heterocycles. The summed E-state index contributed by atoms with van der Waals surface area (Å²) in [6.07, 6.45) is 1.52. The van der Waals surface area contributed by atoms with Crippen LogP contribution in [0.4, 0.5) is 0 Å². The quantitative estimate of drug-likeness (QED) is 0.593. The van der Waals surface area contributed by atoms with Crippen molar-refractivity contribution in [3.8, 4) is 0 Å². The normalized spacial score (nSPS) is 15.9. The van der Waals surface area contributed by atoms with Crippen molar-refractivity contribution in [2.24, 2.45) is 5.10 Å². The second-order valence-corrected chi connectivity index (χ2v) is 7.34. The van der Waals surface area contributed by atoms with E-state index in [4.69, 9.17) is 23.2 Å². The van der Waals surface area contributed by atoms with Gasteiger partial charge in [-0.15, -0.1) is 0 Å². The number of nitrogens with zero attached hydrogens (tertiary/aromatic N) is 3. The Kier molecular flexibility index (Phi) is 7.24. The van der Waals surface area contributed by atoms with Gasteiger partial charge in [0, 0.05) is 43.3 Å². The van der Waals surface area contributed by atoms with E-state index in [2.05, 4.69) is 44.6 Å². The number of hydrazone groups is 1. The van der Waals surface area contributed by atoms with Crippen molar-refractivity contribution in [2.45, 2.75) is 6.54 Å². The fourth-order valence-electron chi connectivity index (χ4n) is 2.97. The van der Waals surface area contributed by atoms with Crippen LogP contribution >= 0.6 is 23.2 Å². The molecule has 0 aromatic heterocycles. The van der Waals surface area contributed by atoms with E-state index in [0.29, 0.717) is 22.2 Å². The van der Waals surface area contributed by atoms with Crippen LogP contribution in [0.25, 0.3) is 0 Å². The molecule has 2 aromatic rings. The van der Waals surface area contributed by atoms with Crippen LogP contribution in [0.2, 0.25) is 10.0 Å². The molecule has 0 bridgehead atoms. The summed E-state index contributed by atoms with van der Waals surface area (Å²) in [4.78, 5) is 16.6. The number of carbonyl (C=O) groups excluding carboxylic acids is 1. The Bertz CT molecular complexity index is 790. The van der Waals surface area contributed by atoms with E-state index in [9.17, 15) is 4.79 Å². The molecule has 0 atom stereocenters. The Morgan fingerprint density at radius 1 is 1.04 bits per heavy atom. The lowest BCUT2D eigenvalue weighted by Gasteiger charge is -2.34. The number of rotatable bonds is 6. The third-order valence-corrected chi connectivity index (χ3v) is 5.00. The summed E-state index contributed by atoms with van der Waals surface area (Å²) in [7, 11) is 0. The molecule has 0 aliphatic carbocycles. The van der Waals surface area contributed by atoms with Crippen LogP contribution in [0.5, 0.6) is 0 Å². The molecule has 5 nitrogen and oxygen atoms in total. The zero-order valence-electron chi connectivity index (χ0n) is 14.9. The van der Waals surface area contributed by atoms with E-state index >= 15 is 0 Å². The minimum absolute atomic E-state index is 0.132. The van der Waals surface area contributed by atoms with Gasteiger partial charge in [0.2, 0.25) is 0 Å². The van der Waals surface area contributed by atoms with Crippen molar-refractivity contribution in [3.05, 3.63) is 69.7 Å². The average Bonchev–Trinajstić information content (AvgIpc) is 2.66. The average molecular weight is 405 g/mol. The maximum absolute atomic E-state index is 12.1. The standard InChI is InChI=1S/C20H22Cl2N4O/c21-18-7-6-17(19(22)12-18)13-23-24-20(27)15-26-10-8-25(9-11-26)14-16-4-2-1-3-5-16/h1-7,12-13H,8-11,14-15H2,(H,24,27). The minimum Gasteiger partial charge on any atom is -0.297 e. The highest BCUT2D eigenvalue weighted by Gasteiger charge is 2.18. The van der Waals surface area contributed by atoms with Crippen molar-refractivity contribution >= 4 is 35.3 Å². The number of amides is 1. The topological polar surface area (TPSA) is 47.9 Å². The first kappa shape index (κ1) is 19.8. The summed E-state index contributed by atoms with van der Waals surface area (Å²) in [5.74, 6) is -0.132. The predicted octanol–water partition coefficient (Wildman–Crippen LogP) is 3.26. The van der Waals surface area contributed by atoms with E-state index in [-0.39, 0.29) is 5.91 Å². The van der Waals surface area contributed by atoms with E-state index in [1.165, 1.54) is 11.8 Å². The van der Waals surface area contributed by atoms with Crippen LogP contribution in [0, 0.1) is 0 Å². The molecule has 0 unspecified atom stereocenters. The number of carbonyl (C=O) groups is 1. The maximum atomic E-state index is 12.1. The summed E-state index contributed by atoms with van der Waals surface area (Å²) < 4.78 is 0. The summed E-state index contributed by atoms with van der Waals surface area (Å²) >= 11 is 11.9. The van der Waals surface area contributed by atoms with Gasteiger partial charge in [-0.3, -0.25) is 14.6 Å². The third kappa shape index (κ3) is 6.33. The van der Waals surface area contributed by atoms with E-state index in [0.717, 1.165) is 32.7 Å². The van der Waals surface area contributed by atoms with Gasteiger partial charge in [0.25, 0.3) is 5.91 Å². The summed E-state index contributed by atoms with van der Waals surface area (Å²) in [6.45, 7) is 4.93. The zero-order valence-corrected chi connectivity index (χ0v) is 16.5. The second-order valence-electron chi connectivity index (χ2n) is 6.50. The largest absolute Gasteiger partial charge is 0.297 e. The first-order valence-electron chi connectivity index (χ1n) is 8.86. The molecule has 1 N–H and O–H groups in total. The lowest BCUT2D eigenvalue weighted by molar-refractivity contribution is -0.122. The second kappa shape index (κ2) is 9.85. The number of hydrogen-bond acceptors (Lipinski definition) is 4. The van der Waals surface area contributed by atoms with E-state index in [1.54, 1.807) is 18.2 Å². The molecule has 1 fully saturated rings. The number of piperazine rings is 1. The van der Waals surface area contributed by atoms with Crippen LogP contribution in [-0.4, -0.2) is 54.6 Å². The van der Waals surface area contributed by atoms with E-state index in [1.807, 2.05) is 6.07 Å². The fraction of sp³-hybridized carbons (Fsp3) is 0.300. The van der Waals surface area contributed by atoms with Crippen LogP contribution < -0.4 is 5.43 Å². The number of hydrogen-bond donors (Lipinski definition) is 1. The zero-order chi connectivity index (χ0) is 19.1. The van der Waals surface area contributed by atoms with Gasteiger partial charge in [-0.2, -0.15) is 5.10 Å². The predicted molar refractivity (Wildman–Crippen MR) is 110 cm³/mol. The van der Waals surface area contributed by atoms with Crippen LogP contribution in [0.3, 0.4) is 0 Å². The van der Waals surface area contributed by atoms with Crippen molar-refractivity contribution < 1.29 is 4.79 Å². The molecule has 7 heteroatoms. The Labute approximate surface area is 169 Å². The van der Waals surface area contributed by atoms with Crippen molar-refractivity contribution in [1.29, 1.82) is 0 Å². The molecule has 0 spiro atoms. The summed E-state index contributed by atoms with van der Waals surface area (Å²) in [5, 5.41) is 5.04. The maximum Gasteiger partial charge on any atom is 0.254 e. The number of nitrogens with one attached hydrogen (secondary N) is 1. The van der Waals surface area contributed by atoms with Crippen LogP contribution in [0.15, 0.2) is 53.6 Å². The molecule has 142 valence electrons. The van der Waals surface area contributed by atoms with Crippen LogP contribution in [-0.2, 0) is 11.3 Å². The Morgan fingerprint density at radius 2 is 1.74 bits per heavy atom. The molecule has 0 saturated carbocycles. The number of halogens is 2. The van der Waals surface area contributed by atoms with Crippen LogP contribution in [0.1, 0.15) is 11.1 Å². The highest BCUT2D eigenvalue weighted by atomic mass is 35.5. The molecule has 3 rings (SSSR count). The molecule has 1 heterocycles.